The maximum absolute atomic E-state index is 13.3. The van der Waals surface area contributed by atoms with Crippen LogP contribution in [0, 0.1) is 23.1 Å². The summed E-state index contributed by atoms with van der Waals surface area (Å²) in [7, 11) is 0. The van der Waals surface area contributed by atoms with Crippen LogP contribution in [0.25, 0.3) is 0 Å². The molecule has 9 heteroatoms. The van der Waals surface area contributed by atoms with E-state index in [0.29, 0.717) is 3.39 Å². The molecule has 2 unspecified atom stereocenters. The maximum Gasteiger partial charge on any atom is 0.337 e. The Balaban J connectivity index is 1.95. The average molecular weight is 554 g/mol. The lowest BCUT2D eigenvalue weighted by atomic mass is 10.1. The topological polar surface area (TPSA) is 89.7 Å². The van der Waals surface area contributed by atoms with E-state index >= 15 is 0 Å². The molecule has 162 valence electrons. The first kappa shape index (κ1) is 23.1. The highest BCUT2D eigenvalue weighted by Gasteiger charge is 2.62. The molecule has 1 aliphatic carbocycles. The maximum atomic E-state index is 13.3. The summed E-state index contributed by atoms with van der Waals surface area (Å²) < 4.78 is 14.0. The highest BCUT2D eigenvalue weighted by atomic mass is 79.9. The number of nitrogens with two attached hydrogens (primary N) is 1. The van der Waals surface area contributed by atoms with Crippen LogP contribution in [0.15, 0.2) is 58.0 Å². The van der Waals surface area contributed by atoms with Gasteiger partial charge >= 0.3 is 5.97 Å². The number of allylic oxidation sites excluding steroid dienone is 1. The van der Waals surface area contributed by atoms with E-state index in [-0.39, 0.29) is 28.1 Å². The Hall–Kier alpha value is -2.52. The summed E-state index contributed by atoms with van der Waals surface area (Å²) in [5, 5.41) is 0.806. The first-order valence-corrected chi connectivity index (χ1v) is 10.9. The second kappa shape index (κ2) is 8.92. The predicted molar refractivity (Wildman–Crippen MR) is 121 cm³/mol. The normalized spacial score (nSPS) is 18.6. The second-order valence-corrected chi connectivity index (χ2v) is 10.5. The third kappa shape index (κ3) is 5.04. The average Bonchev–Trinajstić information content (AvgIpc) is 3.25. The number of anilines is 1. The lowest BCUT2D eigenvalue weighted by Gasteiger charge is -2.22. The Kier molecular flexibility index (Phi) is 6.66. The minimum absolute atomic E-state index is 0.103. The van der Waals surface area contributed by atoms with Gasteiger partial charge in [0.15, 0.2) is 0 Å². The van der Waals surface area contributed by atoms with Gasteiger partial charge in [-0.05, 0) is 85.7 Å². The van der Waals surface area contributed by atoms with Gasteiger partial charge in [-0.25, -0.2) is 9.18 Å². The van der Waals surface area contributed by atoms with Gasteiger partial charge in [0, 0.05) is 11.1 Å². The van der Waals surface area contributed by atoms with Crippen molar-refractivity contribution in [2.75, 3.05) is 5.06 Å². The van der Waals surface area contributed by atoms with Gasteiger partial charge in [-0.1, -0.05) is 26.0 Å². The summed E-state index contributed by atoms with van der Waals surface area (Å²) >= 11 is 6.60. The molecule has 0 aliphatic heterocycles. The number of primary amides is 1. The lowest BCUT2D eigenvalue weighted by Crippen LogP contribution is -2.35. The zero-order chi connectivity index (χ0) is 22.9. The molecule has 31 heavy (non-hydrogen) atoms. The monoisotopic (exact) mass is 552 g/mol. The van der Waals surface area contributed by atoms with E-state index in [1.807, 2.05) is 19.9 Å². The van der Waals surface area contributed by atoms with Crippen molar-refractivity contribution in [2.24, 2.45) is 23.0 Å². The fourth-order valence-electron chi connectivity index (χ4n) is 3.43. The number of halogens is 3. The number of amides is 2. The first-order chi connectivity index (χ1) is 14.5. The predicted octanol–water partition coefficient (Wildman–Crippen LogP) is 4.93. The molecule has 1 saturated carbocycles. The summed E-state index contributed by atoms with van der Waals surface area (Å²) in [6.45, 7) is 3.84. The second-order valence-electron chi connectivity index (χ2n) is 7.71. The van der Waals surface area contributed by atoms with Crippen LogP contribution in [0.4, 0.5) is 10.1 Å². The molecule has 2 aromatic rings. The SMILES string of the molecule is CC1(C)C(C=C(Br)Br)C1C(=O)ON(C(=O)c1ccc(F)cc1)c1cccc(C(N)=O)c1. The fourth-order valence-corrected chi connectivity index (χ4v) is 4.00. The molecule has 2 aromatic carbocycles. The summed E-state index contributed by atoms with van der Waals surface area (Å²) in [6.07, 6.45) is 1.85. The van der Waals surface area contributed by atoms with Crippen LogP contribution in [-0.2, 0) is 9.63 Å². The van der Waals surface area contributed by atoms with Crippen molar-refractivity contribution in [3.05, 3.63) is 74.9 Å². The zero-order valence-corrected chi connectivity index (χ0v) is 19.8. The van der Waals surface area contributed by atoms with E-state index in [9.17, 15) is 18.8 Å². The van der Waals surface area contributed by atoms with Gasteiger partial charge in [0.1, 0.15) is 5.82 Å². The van der Waals surface area contributed by atoms with Crippen molar-refractivity contribution in [3.63, 3.8) is 0 Å². The minimum atomic E-state index is -0.696. The molecule has 2 N–H and O–H groups in total. The van der Waals surface area contributed by atoms with Gasteiger partial charge in [0.2, 0.25) is 5.91 Å². The number of hydrogen-bond donors (Lipinski definition) is 1. The third-order valence-corrected chi connectivity index (χ3v) is 5.82. The van der Waals surface area contributed by atoms with Gasteiger partial charge in [0.05, 0.1) is 15.0 Å². The summed E-state index contributed by atoms with van der Waals surface area (Å²) in [5.74, 6) is -3.09. The molecule has 1 fully saturated rings. The molecule has 0 saturated heterocycles. The van der Waals surface area contributed by atoms with Gasteiger partial charge in [-0.15, -0.1) is 5.06 Å². The van der Waals surface area contributed by atoms with Gasteiger partial charge in [-0.3, -0.25) is 9.59 Å². The highest BCUT2D eigenvalue weighted by molar-refractivity contribution is 9.28. The molecule has 0 aromatic heterocycles. The molecule has 0 spiro atoms. The van der Waals surface area contributed by atoms with Crippen molar-refractivity contribution < 1.29 is 23.6 Å². The van der Waals surface area contributed by atoms with Crippen LogP contribution in [0.1, 0.15) is 34.6 Å². The first-order valence-electron chi connectivity index (χ1n) is 9.27. The zero-order valence-electron chi connectivity index (χ0n) is 16.6. The summed E-state index contributed by atoms with van der Waals surface area (Å²) in [5.41, 5.74) is 5.36. The Bertz CT molecular complexity index is 1070. The lowest BCUT2D eigenvalue weighted by molar-refractivity contribution is -0.146. The van der Waals surface area contributed by atoms with Crippen molar-refractivity contribution in [1.82, 2.24) is 0 Å². The van der Waals surface area contributed by atoms with Crippen molar-refractivity contribution >= 4 is 55.3 Å². The number of hydrogen-bond acceptors (Lipinski definition) is 4. The fraction of sp³-hybridized carbons (Fsp3) is 0.227. The van der Waals surface area contributed by atoms with E-state index in [4.69, 9.17) is 10.6 Å². The van der Waals surface area contributed by atoms with E-state index in [0.717, 1.165) is 17.2 Å². The molecule has 0 bridgehead atoms. The summed E-state index contributed by atoms with van der Waals surface area (Å²) in [4.78, 5) is 43.2. The smallest absolute Gasteiger partial charge is 0.337 e. The molecular formula is C22H19Br2FN2O4. The number of benzene rings is 2. The Morgan fingerprint density at radius 3 is 2.32 bits per heavy atom. The van der Waals surface area contributed by atoms with Crippen LogP contribution in [-0.4, -0.2) is 17.8 Å². The van der Waals surface area contributed by atoms with Gasteiger partial charge in [-0.2, -0.15) is 0 Å². The molecular weight excluding hydrogens is 535 g/mol. The van der Waals surface area contributed by atoms with E-state index in [2.05, 4.69) is 31.9 Å². The number of carbonyl (C=O) groups is 3. The third-order valence-electron chi connectivity index (χ3n) is 5.29. The number of nitrogens with zero attached hydrogens (tertiary/aromatic N) is 1. The van der Waals surface area contributed by atoms with E-state index in [1.165, 1.54) is 36.4 Å². The van der Waals surface area contributed by atoms with E-state index in [1.54, 1.807) is 0 Å². The van der Waals surface area contributed by atoms with Crippen molar-refractivity contribution in [2.45, 2.75) is 13.8 Å². The van der Waals surface area contributed by atoms with Crippen LogP contribution >= 0.6 is 31.9 Å². The number of hydroxylamine groups is 1. The minimum Gasteiger partial charge on any atom is -0.366 e. The summed E-state index contributed by atoms with van der Waals surface area (Å²) in [6, 6.07) is 10.7. The number of rotatable bonds is 5. The quantitative estimate of drug-likeness (QED) is 0.531. The number of carbonyl (C=O) groups excluding carboxylic acids is 3. The van der Waals surface area contributed by atoms with Crippen molar-refractivity contribution in [3.8, 4) is 0 Å². The Morgan fingerprint density at radius 2 is 1.74 bits per heavy atom. The van der Waals surface area contributed by atoms with Crippen LogP contribution in [0.3, 0.4) is 0 Å². The molecule has 0 heterocycles. The van der Waals surface area contributed by atoms with Crippen LogP contribution in [0.5, 0.6) is 0 Å². The van der Waals surface area contributed by atoms with Crippen LogP contribution < -0.4 is 10.8 Å². The van der Waals surface area contributed by atoms with E-state index < -0.39 is 29.5 Å². The van der Waals surface area contributed by atoms with Gasteiger partial charge < -0.3 is 10.6 Å². The molecule has 0 radical (unpaired) electrons. The molecule has 3 rings (SSSR count). The Labute approximate surface area is 195 Å². The largest absolute Gasteiger partial charge is 0.366 e. The Morgan fingerprint density at radius 1 is 1.10 bits per heavy atom. The molecule has 2 atom stereocenters. The van der Waals surface area contributed by atoms with Gasteiger partial charge in [0.25, 0.3) is 5.91 Å². The molecule has 2 amide bonds. The van der Waals surface area contributed by atoms with Crippen molar-refractivity contribution in [1.29, 1.82) is 0 Å². The van der Waals surface area contributed by atoms with Crippen LogP contribution in [0.2, 0.25) is 0 Å². The molecule has 1 aliphatic rings. The standard InChI is InChI=1S/C22H19Br2FN2O4/c1-22(2)16(11-17(23)24)18(22)21(30)31-27(15-5-3-4-13(10-15)19(26)28)20(29)12-6-8-14(25)9-7-12/h3-11,16,18H,1-2H3,(H2,26,28). The molecule has 6 nitrogen and oxygen atoms in total. The highest BCUT2D eigenvalue weighted by Crippen LogP contribution is 2.60.